The van der Waals surface area contributed by atoms with Crippen molar-refractivity contribution >= 4 is 29.3 Å². The highest BCUT2D eigenvalue weighted by Gasteiger charge is 2.33. The Balaban J connectivity index is 1.52. The minimum absolute atomic E-state index is 0.220. The van der Waals surface area contributed by atoms with Crippen molar-refractivity contribution in [2.75, 3.05) is 10.6 Å². The highest BCUT2D eigenvalue weighted by atomic mass is 16.4. The van der Waals surface area contributed by atoms with Gasteiger partial charge in [-0.15, -0.1) is 0 Å². The maximum Gasteiger partial charge on any atom is 0.319 e. The van der Waals surface area contributed by atoms with Crippen LogP contribution in [0.1, 0.15) is 44.9 Å². The fourth-order valence-electron chi connectivity index (χ4n) is 3.85. The van der Waals surface area contributed by atoms with E-state index in [9.17, 15) is 19.5 Å². The zero-order chi connectivity index (χ0) is 19.9. The second-order valence-electron chi connectivity index (χ2n) is 7.49. The Bertz CT molecular complexity index is 739. The number of urea groups is 1. The lowest BCUT2D eigenvalue weighted by Crippen LogP contribution is -2.39. The number of aliphatic carboxylic acids is 1. The fraction of sp³-hybridized carbons (Fsp3) is 0.476. The Kier molecular flexibility index (Phi) is 6.68. The minimum atomic E-state index is -0.951. The summed E-state index contributed by atoms with van der Waals surface area (Å²) in [7, 11) is 0. The van der Waals surface area contributed by atoms with Crippen LogP contribution in [0, 0.1) is 11.8 Å². The molecule has 1 saturated carbocycles. The molecule has 0 radical (unpaired) electrons. The second kappa shape index (κ2) is 9.39. The monoisotopic (exact) mass is 385 g/mol. The Morgan fingerprint density at radius 3 is 2.00 bits per heavy atom. The molecule has 0 bridgehead atoms. The minimum Gasteiger partial charge on any atom is -0.481 e. The molecule has 1 fully saturated rings. The highest BCUT2D eigenvalue weighted by molar-refractivity contribution is 5.96. The molecule has 0 heterocycles. The van der Waals surface area contributed by atoms with Crippen LogP contribution in [-0.2, 0) is 9.59 Å². The average Bonchev–Trinajstić information content (AvgIpc) is 2.70. The quantitative estimate of drug-likeness (QED) is 0.579. The fourth-order valence-corrected chi connectivity index (χ4v) is 3.85. The summed E-state index contributed by atoms with van der Waals surface area (Å²) < 4.78 is 0. The van der Waals surface area contributed by atoms with E-state index in [-0.39, 0.29) is 18.0 Å². The van der Waals surface area contributed by atoms with Crippen LogP contribution in [0.15, 0.2) is 36.4 Å². The summed E-state index contributed by atoms with van der Waals surface area (Å²) in [5.74, 6) is -2.53. The number of amides is 3. The number of rotatable bonds is 5. The molecule has 0 aliphatic heterocycles. The highest BCUT2D eigenvalue weighted by Crippen LogP contribution is 2.27. The maximum absolute atomic E-state index is 12.5. The topological polar surface area (TPSA) is 108 Å². The van der Waals surface area contributed by atoms with Gasteiger partial charge in [0.1, 0.15) is 0 Å². The molecule has 0 spiro atoms. The van der Waals surface area contributed by atoms with Crippen LogP contribution in [0.25, 0.3) is 0 Å². The molecular formula is C21H27N3O4. The molecule has 2 atom stereocenters. The lowest BCUT2D eigenvalue weighted by molar-refractivity contribution is -0.146. The molecule has 7 nitrogen and oxygen atoms in total. The molecule has 3 rings (SSSR count). The summed E-state index contributed by atoms with van der Waals surface area (Å²) in [6, 6.07) is 6.84. The lowest BCUT2D eigenvalue weighted by atomic mass is 9.82. The van der Waals surface area contributed by atoms with Gasteiger partial charge in [-0.25, -0.2) is 4.79 Å². The van der Waals surface area contributed by atoms with E-state index in [1.165, 1.54) is 6.42 Å². The van der Waals surface area contributed by atoms with Crippen LogP contribution in [0.4, 0.5) is 16.2 Å². The van der Waals surface area contributed by atoms with Gasteiger partial charge < -0.3 is 21.1 Å². The van der Waals surface area contributed by atoms with Crippen molar-refractivity contribution < 1.29 is 19.5 Å². The molecule has 3 amide bonds. The van der Waals surface area contributed by atoms with Gasteiger partial charge in [-0.3, -0.25) is 9.59 Å². The summed E-state index contributed by atoms with van der Waals surface area (Å²) in [6.45, 7) is 0. The number of benzene rings is 1. The molecule has 7 heteroatoms. The van der Waals surface area contributed by atoms with Gasteiger partial charge in [-0.2, -0.15) is 0 Å². The Hall–Kier alpha value is -2.83. The van der Waals surface area contributed by atoms with Crippen molar-refractivity contribution in [2.45, 2.75) is 51.0 Å². The molecule has 2 aliphatic carbocycles. The molecule has 150 valence electrons. The van der Waals surface area contributed by atoms with E-state index < -0.39 is 17.8 Å². The standard InChI is InChI=1S/C21H27N3O4/c25-19(17-8-4-5-9-18(17)20(26)27)22-15-10-12-16(13-11-15)24-21(28)23-14-6-2-1-3-7-14/h4-5,10-14,17-18H,1-3,6-9H2,(H,22,25)(H,26,27)(H2,23,24,28)/t17-,18+/m0/s1. The number of anilines is 2. The molecule has 1 aromatic rings. The zero-order valence-corrected chi connectivity index (χ0v) is 15.8. The lowest BCUT2D eigenvalue weighted by Gasteiger charge is -2.24. The van der Waals surface area contributed by atoms with E-state index in [1.54, 1.807) is 30.3 Å². The normalized spacial score (nSPS) is 22.3. The van der Waals surface area contributed by atoms with E-state index in [2.05, 4.69) is 16.0 Å². The number of carbonyl (C=O) groups excluding carboxylic acids is 2. The third kappa shape index (κ3) is 5.34. The summed E-state index contributed by atoms with van der Waals surface area (Å²) >= 11 is 0. The third-order valence-electron chi connectivity index (χ3n) is 5.44. The van der Waals surface area contributed by atoms with Crippen molar-refractivity contribution in [2.24, 2.45) is 11.8 Å². The van der Waals surface area contributed by atoms with Crippen molar-refractivity contribution in [1.82, 2.24) is 5.32 Å². The first-order valence-corrected chi connectivity index (χ1v) is 9.89. The molecule has 0 saturated heterocycles. The first-order chi connectivity index (χ1) is 13.5. The van der Waals surface area contributed by atoms with E-state index in [0.29, 0.717) is 24.2 Å². The van der Waals surface area contributed by atoms with Crippen LogP contribution >= 0.6 is 0 Å². The SMILES string of the molecule is O=C(Nc1ccc(NC(=O)[C@H]2CC=CC[C@H]2C(=O)O)cc1)NC1CCCCC1. The summed E-state index contributed by atoms with van der Waals surface area (Å²) in [4.78, 5) is 35.9. The Morgan fingerprint density at radius 2 is 1.39 bits per heavy atom. The van der Waals surface area contributed by atoms with Gasteiger partial charge in [0.25, 0.3) is 0 Å². The number of allylic oxidation sites excluding steroid dienone is 2. The van der Waals surface area contributed by atoms with E-state index >= 15 is 0 Å². The number of hydrogen-bond donors (Lipinski definition) is 4. The first kappa shape index (κ1) is 19.9. The van der Waals surface area contributed by atoms with Gasteiger partial charge in [-0.05, 0) is 49.9 Å². The number of carbonyl (C=O) groups is 3. The van der Waals surface area contributed by atoms with Gasteiger partial charge in [0, 0.05) is 17.4 Å². The second-order valence-corrected chi connectivity index (χ2v) is 7.49. The molecular weight excluding hydrogens is 358 g/mol. The van der Waals surface area contributed by atoms with Gasteiger partial charge in [0.2, 0.25) is 5.91 Å². The van der Waals surface area contributed by atoms with Crippen molar-refractivity contribution in [3.63, 3.8) is 0 Å². The van der Waals surface area contributed by atoms with Gasteiger partial charge in [0.05, 0.1) is 11.8 Å². The molecule has 4 N–H and O–H groups in total. The Morgan fingerprint density at radius 1 is 0.821 bits per heavy atom. The van der Waals surface area contributed by atoms with Crippen molar-refractivity contribution in [3.8, 4) is 0 Å². The van der Waals surface area contributed by atoms with Crippen LogP contribution in [0.2, 0.25) is 0 Å². The smallest absolute Gasteiger partial charge is 0.319 e. The summed E-state index contributed by atoms with van der Waals surface area (Å²) in [6.07, 6.45) is 10.0. The van der Waals surface area contributed by atoms with Gasteiger partial charge >= 0.3 is 12.0 Å². The summed E-state index contributed by atoms with van der Waals surface area (Å²) in [5, 5.41) is 17.9. The van der Waals surface area contributed by atoms with E-state index in [1.807, 2.05) is 6.08 Å². The van der Waals surface area contributed by atoms with Crippen LogP contribution in [0.5, 0.6) is 0 Å². The van der Waals surface area contributed by atoms with E-state index in [0.717, 1.165) is 25.7 Å². The number of carboxylic acids is 1. The predicted octanol–water partition coefficient (Wildman–Crippen LogP) is 3.75. The van der Waals surface area contributed by atoms with Crippen LogP contribution < -0.4 is 16.0 Å². The average molecular weight is 385 g/mol. The van der Waals surface area contributed by atoms with Gasteiger partial charge in [0.15, 0.2) is 0 Å². The zero-order valence-electron chi connectivity index (χ0n) is 15.8. The number of nitrogens with one attached hydrogen (secondary N) is 3. The van der Waals surface area contributed by atoms with Crippen molar-refractivity contribution in [1.29, 1.82) is 0 Å². The molecule has 2 aliphatic rings. The molecule has 0 unspecified atom stereocenters. The Labute approximate surface area is 164 Å². The van der Waals surface area contributed by atoms with Gasteiger partial charge in [-0.1, -0.05) is 31.4 Å². The van der Waals surface area contributed by atoms with Crippen LogP contribution in [0.3, 0.4) is 0 Å². The molecule has 1 aromatic carbocycles. The maximum atomic E-state index is 12.5. The van der Waals surface area contributed by atoms with E-state index in [4.69, 9.17) is 0 Å². The third-order valence-corrected chi connectivity index (χ3v) is 5.44. The largest absolute Gasteiger partial charge is 0.481 e. The predicted molar refractivity (Wildman–Crippen MR) is 107 cm³/mol. The molecule has 28 heavy (non-hydrogen) atoms. The number of carboxylic acid groups (broad SMARTS) is 1. The number of hydrogen-bond acceptors (Lipinski definition) is 3. The van der Waals surface area contributed by atoms with Crippen molar-refractivity contribution in [3.05, 3.63) is 36.4 Å². The molecule has 0 aromatic heterocycles. The first-order valence-electron chi connectivity index (χ1n) is 9.89. The summed E-state index contributed by atoms with van der Waals surface area (Å²) in [5.41, 5.74) is 1.21. The van der Waals surface area contributed by atoms with Crippen LogP contribution in [-0.4, -0.2) is 29.1 Å².